The molecule has 1 aliphatic heterocycles. The summed E-state index contributed by atoms with van der Waals surface area (Å²) in [5, 5.41) is 6.96. The largest absolute Gasteiger partial charge is 0.357 e. The van der Waals surface area contributed by atoms with Crippen molar-refractivity contribution in [1.82, 2.24) is 20.5 Å². The van der Waals surface area contributed by atoms with Gasteiger partial charge in [0.05, 0.1) is 6.54 Å². The smallest absolute Gasteiger partial charge is 0.191 e. The molecule has 28 heavy (non-hydrogen) atoms. The van der Waals surface area contributed by atoms with Crippen LogP contribution in [0.3, 0.4) is 0 Å². The Labute approximate surface area is 187 Å². The third-order valence-electron chi connectivity index (χ3n) is 6.20. The highest BCUT2D eigenvalue weighted by Gasteiger charge is 2.34. The molecule has 2 heterocycles. The van der Waals surface area contributed by atoms with E-state index in [2.05, 4.69) is 58.4 Å². The van der Waals surface area contributed by atoms with Gasteiger partial charge in [0.25, 0.3) is 0 Å². The molecule has 158 valence electrons. The maximum atomic E-state index is 4.82. The number of nitrogens with one attached hydrogen (secondary N) is 2. The van der Waals surface area contributed by atoms with Crippen molar-refractivity contribution >= 4 is 35.8 Å². The van der Waals surface area contributed by atoms with Crippen molar-refractivity contribution in [2.75, 3.05) is 51.2 Å². The predicted octanol–water partition coefficient (Wildman–Crippen LogP) is 3.09. The lowest BCUT2D eigenvalue weighted by Gasteiger charge is -2.41. The lowest BCUT2D eigenvalue weighted by Crippen LogP contribution is -2.46. The molecule has 1 aromatic heterocycles. The van der Waals surface area contributed by atoms with E-state index >= 15 is 0 Å². The second-order valence-electron chi connectivity index (χ2n) is 8.07. The van der Waals surface area contributed by atoms with Gasteiger partial charge in [-0.25, -0.2) is 9.98 Å². The first kappa shape index (κ1) is 23.2. The van der Waals surface area contributed by atoms with E-state index in [9.17, 15) is 0 Å². The van der Waals surface area contributed by atoms with Crippen molar-refractivity contribution in [3.8, 4) is 0 Å². The minimum atomic E-state index is 0. The highest BCUT2D eigenvalue weighted by molar-refractivity contribution is 14.0. The summed E-state index contributed by atoms with van der Waals surface area (Å²) in [5.74, 6) is 2.00. The van der Waals surface area contributed by atoms with Gasteiger partial charge in [0.2, 0.25) is 0 Å². The molecule has 2 aliphatic rings. The van der Waals surface area contributed by atoms with E-state index in [0.29, 0.717) is 12.0 Å². The van der Waals surface area contributed by atoms with Crippen LogP contribution in [0.25, 0.3) is 0 Å². The molecule has 0 aromatic carbocycles. The van der Waals surface area contributed by atoms with Crippen LogP contribution in [-0.2, 0) is 6.54 Å². The van der Waals surface area contributed by atoms with E-state index in [0.717, 1.165) is 51.0 Å². The molecule has 0 spiro atoms. The number of nitrogens with zero attached hydrogens (tertiary/aromatic N) is 4. The first-order chi connectivity index (χ1) is 13.1. The normalized spacial score (nSPS) is 19.5. The molecule has 0 unspecified atom stereocenters. The lowest BCUT2D eigenvalue weighted by atomic mass is 9.67. The number of likely N-dealkylation sites (N-methyl/N-ethyl adjacent to an activating group) is 1. The minimum Gasteiger partial charge on any atom is -0.357 e. The fourth-order valence-corrected chi connectivity index (χ4v) is 3.88. The molecule has 1 aliphatic carbocycles. The Hall–Kier alpha value is -1.09. The van der Waals surface area contributed by atoms with Crippen LogP contribution in [0, 0.1) is 5.41 Å². The molecule has 1 saturated heterocycles. The molecular formula is C21H37IN6. The Morgan fingerprint density at radius 1 is 1.18 bits per heavy atom. The maximum absolute atomic E-state index is 4.82. The van der Waals surface area contributed by atoms with Gasteiger partial charge in [0.1, 0.15) is 5.82 Å². The van der Waals surface area contributed by atoms with Crippen LogP contribution in [0.5, 0.6) is 0 Å². The Bertz CT molecular complexity index is 618. The number of rotatable bonds is 7. The Balaban J connectivity index is 0.00000280. The van der Waals surface area contributed by atoms with Crippen molar-refractivity contribution in [1.29, 1.82) is 0 Å². The molecule has 0 atom stereocenters. The van der Waals surface area contributed by atoms with Gasteiger partial charge in [0.15, 0.2) is 5.96 Å². The van der Waals surface area contributed by atoms with Crippen molar-refractivity contribution in [2.45, 2.75) is 46.1 Å². The van der Waals surface area contributed by atoms with Gasteiger partial charge in [-0.05, 0) is 56.3 Å². The molecule has 7 heteroatoms. The molecule has 0 amide bonds. The van der Waals surface area contributed by atoms with Gasteiger partial charge in [-0.3, -0.25) is 0 Å². The van der Waals surface area contributed by atoms with Gasteiger partial charge in [0, 0.05) is 45.5 Å². The summed E-state index contributed by atoms with van der Waals surface area (Å²) in [6.07, 6.45) is 7.22. The van der Waals surface area contributed by atoms with E-state index in [4.69, 9.17) is 4.99 Å². The van der Waals surface area contributed by atoms with E-state index in [1.54, 1.807) is 0 Å². The van der Waals surface area contributed by atoms with Gasteiger partial charge >= 0.3 is 0 Å². The topological polar surface area (TPSA) is 55.8 Å². The van der Waals surface area contributed by atoms with E-state index in [1.165, 1.54) is 31.2 Å². The molecule has 0 bridgehead atoms. The standard InChI is InChI=1S/C21H36N6.HI/c1-4-21(8-6-9-21)17-25-20(22-5-2)24-16-18-7-10-23-19(15-18)27-13-11-26(3)12-14-27;/h7,10,15H,4-6,8-9,11-14,16-17H2,1-3H3,(H2,22,24,25);1H. The Morgan fingerprint density at radius 3 is 2.54 bits per heavy atom. The average molecular weight is 500 g/mol. The second kappa shape index (κ2) is 11.2. The zero-order valence-electron chi connectivity index (χ0n) is 17.7. The minimum absolute atomic E-state index is 0. The van der Waals surface area contributed by atoms with Crippen LogP contribution in [0.15, 0.2) is 23.3 Å². The summed E-state index contributed by atoms with van der Waals surface area (Å²) in [5.41, 5.74) is 1.70. The quantitative estimate of drug-likeness (QED) is 0.343. The van der Waals surface area contributed by atoms with Crippen molar-refractivity contribution in [3.05, 3.63) is 23.9 Å². The fraction of sp³-hybridized carbons (Fsp3) is 0.714. The summed E-state index contributed by atoms with van der Waals surface area (Å²) in [4.78, 5) is 14.1. The molecule has 2 N–H and O–H groups in total. The average Bonchev–Trinajstić information content (AvgIpc) is 2.66. The molecule has 2 fully saturated rings. The second-order valence-corrected chi connectivity index (χ2v) is 8.07. The number of pyridine rings is 1. The highest BCUT2D eigenvalue weighted by Crippen LogP contribution is 2.42. The highest BCUT2D eigenvalue weighted by atomic mass is 127. The third kappa shape index (κ3) is 6.20. The van der Waals surface area contributed by atoms with E-state index in [1.807, 2.05) is 6.20 Å². The van der Waals surface area contributed by atoms with Crippen LogP contribution in [0.2, 0.25) is 0 Å². The molecule has 1 saturated carbocycles. The summed E-state index contributed by atoms with van der Waals surface area (Å²) < 4.78 is 0. The van der Waals surface area contributed by atoms with Crippen LogP contribution >= 0.6 is 24.0 Å². The van der Waals surface area contributed by atoms with Gasteiger partial charge < -0.3 is 20.4 Å². The molecular weight excluding hydrogens is 463 g/mol. The Morgan fingerprint density at radius 2 is 1.93 bits per heavy atom. The maximum Gasteiger partial charge on any atom is 0.191 e. The number of hydrogen-bond acceptors (Lipinski definition) is 4. The van der Waals surface area contributed by atoms with E-state index < -0.39 is 0 Å². The fourth-order valence-electron chi connectivity index (χ4n) is 3.88. The van der Waals surface area contributed by atoms with Gasteiger partial charge in [-0.15, -0.1) is 24.0 Å². The monoisotopic (exact) mass is 500 g/mol. The van der Waals surface area contributed by atoms with Gasteiger partial charge in [-0.2, -0.15) is 0 Å². The number of halogens is 1. The van der Waals surface area contributed by atoms with Crippen LogP contribution in [0.1, 0.15) is 45.1 Å². The lowest BCUT2D eigenvalue weighted by molar-refractivity contribution is 0.131. The molecule has 1 aromatic rings. The van der Waals surface area contributed by atoms with Crippen molar-refractivity contribution < 1.29 is 0 Å². The zero-order chi connectivity index (χ0) is 19.1. The van der Waals surface area contributed by atoms with Crippen LogP contribution < -0.4 is 15.5 Å². The summed E-state index contributed by atoms with van der Waals surface area (Å²) in [7, 11) is 2.18. The molecule has 3 rings (SSSR count). The van der Waals surface area contributed by atoms with Crippen LogP contribution in [0.4, 0.5) is 5.82 Å². The van der Waals surface area contributed by atoms with Crippen LogP contribution in [-0.4, -0.2) is 62.2 Å². The number of hydrogen-bond donors (Lipinski definition) is 2. The first-order valence-electron chi connectivity index (χ1n) is 10.5. The first-order valence-corrected chi connectivity index (χ1v) is 10.5. The van der Waals surface area contributed by atoms with Crippen molar-refractivity contribution in [2.24, 2.45) is 10.4 Å². The number of aliphatic imine (C=N–C) groups is 1. The number of piperazine rings is 1. The molecule has 6 nitrogen and oxygen atoms in total. The number of anilines is 1. The molecule has 0 radical (unpaired) electrons. The number of guanidine groups is 1. The van der Waals surface area contributed by atoms with E-state index in [-0.39, 0.29) is 24.0 Å². The summed E-state index contributed by atoms with van der Waals surface area (Å²) in [6.45, 7) is 11.3. The SMILES string of the molecule is CCNC(=NCc1ccnc(N2CCN(C)CC2)c1)NCC1(CC)CCC1.I. The van der Waals surface area contributed by atoms with Gasteiger partial charge in [-0.1, -0.05) is 13.3 Å². The summed E-state index contributed by atoms with van der Waals surface area (Å²) >= 11 is 0. The Kier molecular flexibility index (Phi) is 9.27. The third-order valence-corrected chi connectivity index (χ3v) is 6.20. The predicted molar refractivity (Wildman–Crippen MR) is 129 cm³/mol. The van der Waals surface area contributed by atoms with Crippen molar-refractivity contribution in [3.63, 3.8) is 0 Å². The number of aromatic nitrogens is 1. The zero-order valence-corrected chi connectivity index (χ0v) is 20.0. The summed E-state index contributed by atoms with van der Waals surface area (Å²) in [6, 6.07) is 4.27.